The molecule has 2 aromatic rings. The SMILES string of the molecule is Cc1nnc(S/C(=C\c2sccc2C)C(=O)O)o1. The molecular formula is C11H10N2O3S2. The first-order chi connectivity index (χ1) is 8.56. The molecule has 0 aliphatic rings. The number of hydrogen-bond acceptors (Lipinski definition) is 6. The molecule has 0 bridgehead atoms. The zero-order valence-corrected chi connectivity index (χ0v) is 11.3. The van der Waals surface area contributed by atoms with Crippen LogP contribution in [0.3, 0.4) is 0 Å². The van der Waals surface area contributed by atoms with E-state index in [0.29, 0.717) is 5.89 Å². The molecule has 0 fully saturated rings. The normalized spacial score (nSPS) is 11.8. The molecule has 7 heteroatoms. The lowest BCUT2D eigenvalue weighted by Gasteiger charge is -1.98. The second-order valence-electron chi connectivity index (χ2n) is 3.47. The summed E-state index contributed by atoms with van der Waals surface area (Å²) in [6, 6.07) is 1.94. The van der Waals surface area contributed by atoms with E-state index >= 15 is 0 Å². The summed E-state index contributed by atoms with van der Waals surface area (Å²) >= 11 is 2.44. The predicted octanol–water partition coefficient (Wildman–Crippen LogP) is 2.97. The predicted molar refractivity (Wildman–Crippen MR) is 69.6 cm³/mol. The maximum absolute atomic E-state index is 11.2. The van der Waals surface area contributed by atoms with Gasteiger partial charge in [-0.15, -0.1) is 21.5 Å². The van der Waals surface area contributed by atoms with Crippen LogP contribution in [-0.2, 0) is 4.79 Å². The number of rotatable bonds is 4. The molecule has 2 rings (SSSR count). The Morgan fingerprint density at radius 3 is 2.78 bits per heavy atom. The number of thiophene rings is 1. The summed E-state index contributed by atoms with van der Waals surface area (Å²) in [6.45, 7) is 3.59. The Hall–Kier alpha value is -1.60. The average molecular weight is 282 g/mol. The third kappa shape index (κ3) is 2.99. The highest BCUT2D eigenvalue weighted by atomic mass is 32.2. The molecule has 0 aliphatic heterocycles. The number of nitrogens with zero attached hydrogens (tertiary/aromatic N) is 2. The summed E-state index contributed by atoms with van der Waals surface area (Å²) in [5.41, 5.74) is 1.04. The molecule has 0 atom stereocenters. The van der Waals surface area contributed by atoms with E-state index in [1.165, 1.54) is 11.3 Å². The zero-order valence-electron chi connectivity index (χ0n) is 9.71. The number of aryl methyl sites for hydroxylation is 2. The molecule has 0 unspecified atom stereocenters. The highest BCUT2D eigenvalue weighted by molar-refractivity contribution is 8.03. The smallest absolute Gasteiger partial charge is 0.342 e. The van der Waals surface area contributed by atoms with Crippen LogP contribution < -0.4 is 0 Å². The van der Waals surface area contributed by atoms with Crippen LogP contribution in [-0.4, -0.2) is 21.3 Å². The van der Waals surface area contributed by atoms with Crippen LogP contribution in [0.1, 0.15) is 16.3 Å². The van der Waals surface area contributed by atoms with Gasteiger partial charge in [0.2, 0.25) is 5.89 Å². The van der Waals surface area contributed by atoms with Crippen molar-refractivity contribution in [2.24, 2.45) is 0 Å². The highest BCUT2D eigenvalue weighted by Gasteiger charge is 2.14. The van der Waals surface area contributed by atoms with E-state index in [4.69, 9.17) is 9.52 Å². The molecule has 2 heterocycles. The van der Waals surface area contributed by atoms with Crippen molar-refractivity contribution in [3.63, 3.8) is 0 Å². The summed E-state index contributed by atoms with van der Waals surface area (Å²) in [6.07, 6.45) is 1.62. The topological polar surface area (TPSA) is 76.2 Å². The van der Waals surface area contributed by atoms with Gasteiger partial charge in [0.05, 0.1) is 0 Å². The van der Waals surface area contributed by atoms with Gasteiger partial charge in [-0.2, -0.15) is 0 Å². The fourth-order valence-corrected chi connectivity index (χ4v) is 2.83. The summed E-state index contributed by atoms with van der Waals surface area (Å²) in [4.78, 5) is 12.2. The first-order valence-corrected chi connectivity index (χ1v) is 6.73. The molecule has 0 aliphatic carbocycles. The van der Waals surface area contributed by atoms with E-state index in [1.807, 2.05) is 18.4 Å². The van der Waals surface area contributed by atoms with Crippen molar-refractivity contribution in [1.82, 2.24) is 10.2 Å². The highest BCUT2D eigenvalue weighted by Crippen LogP contribution is 2.29. The van der Waals surface area contributed by atoms with E-state index in [9.17, 15) is 4.79 Å². The van der Waals surface area contributed by atoms with Crippen LogP contribution >= 0.6 is 23.1 Å². The van der Waals surface area contributed by atoms with Gasteiger partial charge in [-0.05, 0) is 41.8 Å². The number of aromatic nitrogens is 2. The lowest BCUT2D eigenvalue weighted by atomic mass is 10.3. The Labute approximate surface area is 112 Å². The maximum atomic E-state index is 11.2. The molecular weight excluding hydrogens is 272 g/mol. The zero-order chi connectivity index (χ0) is 13.1. The Kier molecular flexibility index (Phi) is 3.83. The number of carbonyl (C=O) groups is 1. The fraction of sp³-hybridized carbons (Fsp3) is 0.182. The average Bonchev–Trinajstić information content (AvgIpc) is 2.88. The van der Waals surface area contributed by atoms with Crippen molar-refractivity contribution in [3.8, 4) is 0 Å². The molecule has 94 valence electrons. The van der Waals surface area contributed by atoms with Gasteiger partial charge in [-0.25, -0.2) is 4.79 Å². The first kappa shape index (κ1) is 12.8. The maximum Gasteiger partial charge on any atom is 0.342 e. The Bertz CT molecular complexity index is 601. The Morgan fingerprint density at radius 1 is 1.50 bits per heavy atom. The molecule has 0 aromatic carbocycles. The van der Waals surface area contributed by atoms with E-state index in [2.05, 4.69) is 10.2 Å². The van der Waals surface area contributed by atoms with Gasteiger partial charge in [0, 0.05) is 11.8 Å². The molecule has 0 amide bonds. The lowest BCUT2D eigenvalue weighted by molar-refractivity contribution is -0.131. The summed E-state index contributed by atoms with van der Waals surface area (Å²) in [7, 11) is 0. The van der Waals surface area contributed by atoms with Gasteiger partial charge in [0.15, 0.2) is 0 Å². The van der Waals surface area contributed by atoms with Crippen LogP contribution in [0.25, 0.3) is 6.08 Å². The first-order valence-electron chi connectivity index (χ1n) is 5.03. The van der Waals surface area contributed by atoms with Crippen molar-refractivity contribution >= 4 is 35.1 Å². The molecule has 0 saturated heterocycles. The van der Waals surface area contributed by atoms with Crippen LogP contribution in [0.4, 0.5) is 0 Å². The van der Waals surface area contributed by atoms with Crippen molar-refractivity contribution in [1.29, 1.82) is 0 Å². The van der Waals surface area contributed by atoms with Gasteiger partial charge >= 0.3 is 5.97 Å². The number of carboxylic acid groups (broad SMARTS) is 1. The lowest BCUT2D eigenvalue weighted by Crippen LogP contribution is -1.96. The Morgan fingerprint density at radius 2 is 2.28 bits per heavy atom. The van der Waals surface area contributed by atoms with Crippen LogP contribution in [0.5, 0.6) is 0 Å². The van der Waals surface area contributed by atoms with Gasteiger partial charge < -0.3 is 9.52 Å². The quantitative estimate of drug-likeness (QED) is 0.686. The minimum absolute atomic E-state index is 0.157. The third-order valence-corrected chi connectivity index (χ3v) is 3.90. The largest absolute Gasteiger partial charge is 0.477 e. The Balaban J connectivity index is 2.27. The molecule has 18 heavy (non-hydrogen) atoms. The van der Waals surface area contributed by atoms with E-state index in [1.54, 1.807) is 13.0 Å². The third-order valence-electron chi connectivity index (χ3n) is 2.08. The number of carboxylic acids is 1. The molecule has 1 N–H and O–H groups in total. The van der Waals surface area contributed by atoms with Crippen molar-refractivity contribution in [3.05, 3.63) is 32.7 Å². The van der Waals surface area contributed by atoms with Crippen LogP contribution in [0, 0.1) is 13.8 Å². The van der Waals surface area contributed by atoms with Gasteiger partial charge in [-0.3, -0.25) is 0 Å². The van der Waals surface area contributed by atoms with E-state index < -0.39 is 5.97 Å². The molecule has 2 aromatic heterocycles. The number of thioether (sulfide) groups is 1. The van der Waals surface area contributed by atoms with Crippen molar-refractivity contribution < 1.29 is 14.3 Å². The number of aliphatic carboxylic acids is 1. The minimum atomic E-state index is -1.01. The monoisotopic (exact) mass is 282 g/mol. The van der Waals surface area contributed by atoms with E-state index in [-0.39, 0.29) is 10.1 Å². The van der Waals surface area contributed by atoms with Crippen LogP contribution in [0.15, 0.2) is 26.0 Å². The van der Waals surface area contributed by atoms with Gasteiger partial charge in [-0.1, -0.05) is 0 Å². The second-order valence-corrected chi connectivity index (χ2v) is 5.41. The van der Waals surface area contributed by atoms with E-state index in [0.717, 1.165) is 22.2 Å². The molecule has 5 nitrogen and oxygen atoms in total. The van der Waals surface area contributed by atoms with Crippen molar-refractivity contribution in [2.75, 3.05) is 0 Å². The summed E-state index contributed by atoms with van der Waals surface area (Å²) < 4.78 is 5.15. The van der Waals surface area contributed by atoms with Crippen LogP contribution in [0.2, 0.25) is 0 Å². The minimum Gasteiger partial charge on any atom is -0.477 e. The second kappa shape index (κ2) is 5.36. The standard InChI is InChI=1S/C11H10N2O3S2/c1-6-3-4-17-8(6)5-9(10(14)15)18-11-13-12-7(2)16-11/h3-5H,1-2H3,(H,14,15)/b9-5-. The molecule has 0 radical (unpaired) electrons. The molecule has 0 spiro atoms. The van der Waals surface area contributed by atoms with Crippen molar-refractivity contribution in [2.45, 2.75) is 19.1 Å². The van der Waals surface area contributed by atoms with Gasteiger partial charge in [0.1, 0.15) is 4.91 Å². The summed E-state index contributed by atoms with van der Waals surface area (Å²) in [5, 5.41) is 18.7. The summed E-state index contributed by atoms with van der Waals surface area (Å²) in [5.74, 6) is -0.599. The number of hydrogen-bond donors (Lipinski definition) is 1. The molecule has 0 saturated carbocycles. The van der Waals surface area contributed by atoms with Gasteiger partial charge in [0.25, 0.3) is 5.22 Å². The fourth-order valence-electron chi connectivity index (χ4n) is 1.20.